The van der Waals surface area contributed by atoms with Gasteiger partial charge < -0.3 is 9.30 Å². The molecular formula is C25H24FN3O5S2. The molecule has 3 aromatic rings. The molecule has 4 rings (SSSR count). The largest absolute Gasteiger partial charge is 0.462 e. The van der Waals surface area contributed by atoms with E-state index >= 15 is 0 Å². The van der Waals surface area contributed by atoms with Gasteiger partial charge in [0.1, 0.15) is 5.82 Å². The third kappa shape index (κ3) is 5.26. The van der Waals surface area contributed by atoms with Crippen LogP contribution in [0.1, 0.15) is 30.1 Å². The molecule has 0 saturated carbocycles. The van der Waals surface area contributed by atoms with Gasteiger partial charge in [-0.2, -0.15) is 9.30 Å². The van der Waals surface area contributed by atoms with Crippen molar-refractivity contribution in [1.82, 2.24) is 8.87 Å². The molecule has 1 aromatic heterocycles. The van der Waals surface area contributed by atoms with Crippen LogP contribution in [0.15, 0.2) is 52.4 Å². The molecule has 1 aliphatic heterocycles. The normalized spacial score (nSPS) is 17.1. The van der Waals surface area contributed by atoms with Crippen molar-refractivity contribution in [2.45, 2.75) is 31.2 Å². The van der Waals surface area contributed by atoms with E-state index in [1.807, 2.05) is 0 Å². The molecule has 0 N–H and O–H groups in total. The smallest absolute Gasteiger partial charge is 0.338 e. The molecule has 1 amide bonds. The number of aromatic nitrogens is 1. The number of piperidine rings is 1. The van der Waals surface area contributed by atoms with Crippen LogP contribution in [-0.4, -0.2) is 48.9 Å². The Bertz CT molecular complexity index is 1520. The number of sulfonamides is 1. The first-order valence-corrected chi connectivity index (χ1v) is 13.6. The second-order valence-corrected chi connectivity index (χ2v) is 11.1. The summed E-state index contributed by atoms with van der Waals surface area (Å²) in [6, 6.07) is 9.64. The molecule has 188 valence electrons. The molecule has 1 fully saturated rings. The maximum atomic E-state index is 13.3. The van der Waals surface area contributed by atoms with Gasteiger partial charge in [-0.15, -0.1) is 6.42 Å². The van der Waals surface area contributed by atoms with Gasteiger partial charge in [-0.1, -0.05) is 17.3 Å². The van der Waals surface area contributed by atoms with E-state index in [4.69, 9.17) is 11.2 Å². The zero-order valence-corrected chi connectivity index (χ0v) is 21.1. The number of hydrogen-bond acceptors (Lipinski definition) is 6. The number of halogens is 1. The number of carbonyl (C=O) groups excluding carboxylic acids is 2. The van der Waals surface area contributed by atoms with Crippen LogP contribution in [-0.2, 0) is 26.1 Å². The molecule has 0 spiro atoms. The van der Waals surface area contributed by atoms with E-state index in [2.05, 4.69) is 10.9 Å². The molecule has 11 heteroatoms. The third-order valence-corrected chi connectivity index (χ3v) is 8.75. The summed E-state index contributed by atoms with van der Waals surface area (Å²) in [6.45, 7) is 2.39. The first-order chi connectivity index (χ1) is 17.2. The first-order valence-electron chi connectivity index (χ1n) is 11.3. The van der Waals surface area contributed by atoms with Crippen LogP contribution >= 0.6 is 11.3 Å². The summed E-state index contributed by atoms with van der Waals surface area (Å²) in [5.74, 6) is 0.498. The average Bonchev–Trinajstić information content (AvgIpc) is 3.20. The van der Waals surface area contributed by atoms with E-state index < -0.39 is 33.6 Å². The van der Waals surface area contributed by atoms with E-state index in [9.17, 15) is 22.4 Å². The maximum absolute atomic E-state index is 13.3. The second kappa shape index (κ2) is 10.7. The fourth-order valence-electron chi connectivity index (χ4n) is 4.05. The van der Waals surface area contributed by atoms with Crippen LogP contribution in [0, 0.1) is 24.1 Å². The zero-order chi connectivity index (χ0) is 25.9. The molecule has 2 aromatic carbocycles. The Hall–Kier alpha value is -3.33. The summed E-state index contributed by atoms with van der Waals surface area (Å²) in [6.07, 6.45) is 6.52. The number of esters is 1. The summed E-state index contributed by atoms with van der Waals surface area (Å²) in [5.41, 5.74) is 1.10. The highest BCUT2D eigenvalue weighted by Crippen LogP contribution is 2.25. The highest BCUT2D eigenvalue weighted by Gasteiger charge is 2.33. The fourth-order valence-corrected chi connectivity index (χ4v) is 6.65. The molecule has 36 heavy (non-hydrogen) atoms. The first kappa shape index (κ1) is 25.8. The average molecular weight is 530 g/mol. The number of carbonyl (C=O) groups is 2. The Morgan fingerprint density at radius 1 is 1.25 bits per heavy atom. The number of hydrogen-bond donors (Lipinski definition) is 0. The van der Waals surface area contributed by atoms with Gasteiger partial charge in [-0.25, -0.2) is 17.6 Å². The van der Waals surface area contributed by atoms with Crippen molar-refractivity contribution < 1.29 is 27.1 Å². The summed E-state index contributed by atoms with van der Waals surface area (Å²) in [5, 5.41) is 0. The number of amides is 1. The number of rotatable bonds is 6. The van der Waals surface area contributed by atoms with E-state index in [0.29, 0.717) is 27.9 Å². The van der Waals surface area contributed by atoms with Gasteiger partial charge in [0.15, 0.2) is 4.80 Å². The lowest BCUT2D eigenvalue weighted by Gasteiger charge is -2.30. The molecule has 1 atom stereocenters. The summed E-state index contributed by atoms with van der Waals surface area (Å²) < 4.78 is 48.0. The van der Waals surface area contributed by atoms with Crippen LogP contribution < -0.4 is 4.80 Å². The lowest BCUT2D eigenvalue weighted by molar-refractivity contribution is -0.122. The predicted molar refractivity (Wildman–Crippen MR) is 133 cm³/mol. The molecule has 1 aliphatic rings. The molecule has 0 bridgehead atoms. The highest BCUT2D eigenvalue weighted by atomic mass is 32.2. The summed E-state index contributed by atoms with van der Waals surface area (Å²) in [7, 11) is -3.87. The highest BCUT2D eigenvalue weighted by molar-refractivity contribution is 7.89. The van der Waals surface area contributed by atoms with Gasteiger partial charge in [-0.3, -0.25) is 4.79 Å². The van der Waals surface area contributed by atoms with Gasteiger partial charge in [0.2, 0.25) is 10.0 Å². The minimum absolute atomic E-state index is 0.0188. The lowest BCUT2D eigenvalue weighted by atomic mass is 9.99. The topological polar surface area (TPSA) is 98.0 Å². The number of fused-ring (bicyclic) bond motifs is 1. The molecule has 8 nitrogen and oxygen atoms in total. The minimum atomic E-state index is -3.87. The summed E-state index contributed by atoms with van der Waals surface area (Å²) in [4.78, 5) is 29.9. The molecule has 2 heterocycles. The van der Waals surface area contributed by atoms with Crippen LogP contribution in [0.3, 0.4) is 0 Å². The quantitative estimate of drug-likeness (QED) is 0.361. The van der Waals surface area contributed by atoms with Crippen molar-refractivity contribution in [2.75, 3.05) is 19.7 Å². The van der Waals surface area contributed by atoms with E-state index in [1.165, 1.54) is 27.8 Å². The van der Waals surface area contributed by atoms with Crippen LogP contribution in [0.5, 0.6) is 0 Å². The van der Waals surface area contributed by atoms with Crippen molar-refractivity contribution in [1.29, 1.82) is 0 Å². The Labute approximate surface area is 212 Å². The molecule has 0 aliphatic carbocycles. The minimum Gasteiger partial charge on any atom is -0.462 e. The van der Waals surface area contributed by atoms with Gasteiger partial charge >= 0.3 is 5.97 Å². The van der Waals surface area contributed by atoms with Crippen molar-refractivity contribution in [3.05, 3.63) is 58.6 Å². The Morgan fingerprint density at radius 3 is 2.69 bits per heavy atom. The van der Waals surface area contributed by atoms with E-state index in [-0.39, 0.29) is 31.1 Å². The zero-order valence-electron chi connectivity index (χ0n) is 19.5. The molecule has 1 saturated heterocycles. The van der Waals surface area contributed by atoms with Gasteiger partial charge in [0, 0.05) is 13.1 Å². The van der Waals surface area contributed by atoms with Crippen molar-refractivity contribution in [2.24, 2.45) is 10.9 Å². The monoisotopic (exact) mass is 529 g/mol. The predicted octanol–water partition coefficient (Wildman–Crippen LogP) is 3.18. The maximum Gasteiger partial charge on any atom is 0.338 e. The van der Waals surface area contributed by atoms with Crippen LogP contribution in [0.25, 0.3) is 10.2 Å². The van der Waals surface area contributed by atoms with Crippen molar-refractivity contribution in [3.8, 4) is 12.3 Å². The number of terminal acetylenes is 1. The number of nitrogens with zero attached hydrogens (tertiary/aromatic N) is 3. The Morgan fingerprint density at radius 2 is 2.00 bits per heavy atom. The number of thiazole rings is 1. The lowest BCUT2D eigenvalue weighted by Crippen LogP contribution is -2.42. The van der Waals surface area contributed by atoms with Gasteiger partial charge in [0.25, 0.3) is 5.91 Å². The Balaban J connectivity index is 1.63. The standard InChI is InChI=1S/C25H24FN3O5S2/c1-3-13-29-21-12-7-17(24(31)34-4-2)15-22(21)35-25(29)27-23(30)18-6-5-14-28(16-18)36(32,33)20-10-8-19(26)9-11-20/h1,7-12,15,18H,4-6,13-14,16H2,2H3. The summed E-state index contributed by atoms with van der Waals surface area (Å²) >= 11 is 1.22. The second-order valence-electron chi connectivity index (χ2n) is 8.18. The van der Waals surface area contributed by atoms with Crippen molar-refractivity contribution >= 4 is 43.5 Å². The fraction of sp³-hybridized carbons (Fsp3) is 0.320. The van der Waals surface area contributed by atoms with Gasteiger partial charge in [0.05, 0.1) is 39.7 Å². The van der Waals surface area contributed by atoms with Gasteiger partial charge in [-0.05, 0) is 62.2 Å². The SMILES string of the molecule is C#CCn1c(=NC(=O)C2CCCN(S(=O)(=O)c3ccc(F)cc3)C2)sc2cc(C(=O)OCC)ccc21. The molecular weight excluding hydrogens is 505 g/mol. The Kier molecular flexibility index (Phi) is 7.68. The third-order valence-electron chi connectivity index (χ3n) is 5.83. The van der Waals surface area contributed by atoms with Crippen LogP contribution in [0.2, 0.25) is 0 Å². The number of benzene rings is 2. The number of ether oxygens (including phenoxy) is 1. The molecule has 0 radical (unpaired) electrons. The van der Waals surface area contributed by atoms with Crippen LogP contribution in [0.4, 0.5) is 4.39 Å². The van der Waals surface area contributed by atoms with E-state index in [1.54, 1.807) is 29.7 Å². The molecule has 1 unspecified atom stereocenters. The van der Waals surface area contributed by atoms with E-state index in [0.717, 1.165) is 17.6 Å². The van der Waals surface area contributed by atoms with Crippen molar-refractivity contribution in [3.63, 3.8) is 0 Å².